The lowest BCUT2D eigenvalue weighted by atomic mass is 9.97. The number of hydrogen-bond acceptors (Lipinski definition) is 13. The third kappa shape index (κ3) is 7.51. The van der Waals surface area contributed by atoms with Crippen LogP contribution in [0, 0.1) is 0 Å². The van der Waals surface area contributed by atoms with Gasteiger partial charge in [0.05, 0.1) is 74.2 Å². The summed E-state index contributed by atoms with van der Waals surface area (Å²) in [5, 5.41) is 21.9. The van der Waals surface area contributed by atoms with Gasteiger partial charge >= 0.3 is 6.09 Å². The van der Waals surface area contributed by atoms with Crippen molar-refractivity contribution in [1.29, 1.82) is 0 Å². The monoisotopic (exact) mass is 849 g/mol. The Hall–Kier alpha value is -6.72. The number of aliphatic imine (C=N–C) groups is 1. The molecule has 8 rings (SSSR count). The Morgan fingerprint density at radius 1 is 0.855 bits per heavy atom. The molecule has 1 aromatic heterocycles. The second-order valence-corrected chi connectivity index (χ2v) is 15.8. The Morgan fingerprint density at radius 2 is 1.56 bits per heavy atom. The Kier molecular flexibility index (Phi) is 11.5. The fourth-order valence-electron chi connectivity index (χ4n) is 8.67. The van der Waals surface area contributed by atoms with Gasteiger partial charge in [0.25, 0.3) is 11.8 Å². The van der Waals surface area contributed by atoms with E-state index in [9.17, 15) is 34.2 Å². The van der Waals surface area contributed by atoms with Crippen molar-refractivity contribution in [3.8, 4) is 17.2 Å². The summed E-state index contributed by atoms with van der Waals surface area (Å²) in [4.78, 5) is 76.2. The second-order valence-electron chi connectivity index (χ2n) is 15.8. The van der Waals surface area contributed by atoms with E-state index < -0.39 is 42.4 Å². The summed E-state index contributed by atoms with van der Waals surface area (Å²) in [6.45, 7) is 8.46. The number of allylic oxidation sites excluding steroid dienone is 2. The Bertz CT molecular complexity index is 2490. The van der Waals surface area contributed by atoms with Crippen LogP contribution in [0.5, 0.6) is 17.2 Å². The number of fused-ring (bicyclic) bond motifs is 5. The first-order chi connectivity index (χ1) is 29.8. The first-order valence-corrected chi connectivity index (χ1v) is 20.2. The summed E-state index contributed by atoms with van der Waals surface area (Å²) in [6, 6.07) is 5.27. The minimum atomic E-state index is -1.56. The highest BCUT2D eigenvalue weighted by Crippen LogP contribution is 2.42. The van der Waals surface area contributed by atoms with Crippen molar-refractivity contribution in [2.75, 3.05) is 45.4 Å². The molecule has 1 unspecified atom stereocenters. The minimum absolute atomic E-state index is 0.0278. The van der Waals surface area contributed by atoms with Crippen LogP contribution in [-0.4, -0.2) is 119 Å². The predicted octanol–water partition coefficient (Wildman–Crippen LogP) is 4.80. The fourth-order valence-corrected chi connectivity index (χ4v) is 8.67. The van der Waals surface area contributed by atoms with Crippen molar-refractivity contribution in [3.63, 3.8) is 0 Å². The largest absolute Gasteiger partial charge is 0.493 e. The number of anilines is 1. The molecule has 3 aromatic rings. The van der Waals surface area contributed by atoms with Gasteiger partial charge in [-0.1, -0.05) is 24.3 Å². The van der Waals surface area contributed by atoms with Crippen LogP contribution in [0.4, 0.5) is 16.2 Å². The number of ether oxygens (including phenoxy) is 5. The smallest absolute Gasteiger partial charge is 0.416 e. The van der Waals surface area contributed by atoms with Crippen molar-refractivity contribution in [1.82, 2.24) is 14.4 Å². The molecular formula is C45H47N5O12. The van der Waals surface area contributed by atoms with Gasteiger partial charge in [0.1, 0.15) is 18.1 Å². The lowest BCUT2D eigenvalue weighted by Gasteiger charge is -2.31. The summed E-state index contributed by atoms with van der Waals surface area (Å²) in [5.74, 6) is -0.847. The standard InChI is InChI=1S/C45H47N5O12/c1-24-11-28-18-46-31-15-35(26(22-51)13-29(31)42(54)48(28)19-24)60-9-7-6-8-10-61-37-16-32-30(14-36(37)58-4)43(55)49-20-25(2)12-33(49)44(56)50(32)45(57)62-23-27-21-47(3)40-34(52)17-38(59-5)41(53)39(27)40/h13-18,21,28,33,44,51,56H,1-2,6-12,19-20,22-23H2,3-5H3/t28-,33-,44?/m0/s1. The molecule has 17 heteroatoms. The zero-order valence-corrected chi connectivity index (χ0v) is 34.7. The molecule has 3 amide bonds. The van der Waals surface area contributed by atoms with Crippen molar-refractivity contribution in [2.24, 2.45) is 12.0 Å². The predicted molar refractivity (Wildman–Crippen MR) is 223 cm³/mol. The number of aliphatic hydroxyl groups excluding tert-OH is 2. The van der Waals surface area contributed by atoms with Crippen LogP contribution in [0.15, 0.2) is 71.6 Å². The quantitative estimate of drug-likeness (QED) is 0.176. The van der Waals surface area contributed by atoms with E-state index in [1.54, 1.807) is 30.3 Å². The van der Waals surface area contributed by atoms with Gasteiger partial charge in [0, 0.05) is 61.9 Å². The first-order valence-electron chi connectivity index (χ1n) is 20.2. The molecule has 62 heavy (non-hydrogen) atoms. The summed E-state index contributed by atoms with van der Waals surface area (Å²) in [6.07, 6.45) is 4.60. The molecule has 324 valence electrons. The van der Waals surface area contributed by atoms with Gasteiger partial charge in [-0.05, 0) is 44.2 Å². The van der Waals surface area contributed by atoms with Gasteiger partial charge in [0.2, 0.25) is 11.6 Å². The number of amides is 3. The molecule has 0 saturated carbocycles. The molecular weight excluding hydrogens is 803 g/mol. The van der Waals surface area contributed by atoms with Crippen LogP contribution in [0.3, 0.4) is 0 Å². The van der Waals surface area contributed by atoms with E-state index in [4.69, 9.17) is 23.7 Å². The zero-order valence-electron chi connectivity index (χ0n) is 34.7. The van der Waals surface area contributed by atoms with E-state index in [0.29, 0.717) is 67.0 Å². The van der Waals surface area contributed by atoms with Gasteiger partial charge in [-0.15, -0.1) is 0 Å². The fraction of sp³-hybridized carbons (Fsp3) is 0.378. The number of nitrogens with zero attached hydrogens (tertiary/aromatic N) is 5. The average Bonchev–Trinajstić information content (AvgIpc) is 3.92. The summed E-state index contributed by atoms with van der Waals surface area (Å²) < 4.78 is 30.2. The Morgan fingerprint density at radius 3 is 2.29 bits per heavy atom. The van der Waals surface area contributed by atoms with Crippen LogP contribution < -0.4 is 19.1 Å². The zero-order chi connectivity index (χ0) is 44.0. The number of Topliss-reactive ketones (excluding diaryl/α,β-unsaturated/α-hetero) is 1. The van der Waals surface area contributed by atoms with Gasteiger partial charge in [-0.2, -0.15) is 0 Å². The number of aliphatic hydroxyl groups is 2. The van der Waals surface area contributed by atoms with E-state index >= 15 is 0 Å². The van der Waals surface area contributed by atoms with Crippen molar-refractivity contribution in [3.05, 3.63) is 100 Å². The minimum Gasteiger partial charge on any atom is -0.493 e. The molecule has 4 aliphatic heterocycles. The van der Waals surface area contributed by atoms with E-state index in [2.05, 4.69) is 18.2 Å². The number of benzene rings is 2. The number of hydrogen-bond donors (Lipinski definition) is 2. The molecule has 5 aliphatic rings. The lowest BCUT2D eigenvalue weighted by molar-refractivity contribution is 0.0485. The second kappa shape index (κ2) is 17.0. The third-order valence-electron chi connectivity index (χ3n) is 11.7. The van der Waals surface area contributed by atoms with E-state index in [1.165, 1.54) is 42.0 Å². The number of methoxy groups -OCH3 is 2. The first kappa shape index (κ1) is 42.0. The average molecular weight is 850 g/mol. The SMILES string of the molecule is C=C1C[C@H]2C=Nc3cc(OCCCCCOc4cc5c(cc4OC)C(=O)N4CC(=C)C[C@H]4C(O)N5C(=O)OCc4cn(C)c5c4C(=O)C(OC)=CC5=O)c(CO)cc3C(=O)N2C1. The van der Waals surface area contributed by atoms with Crippen molar-refractivity contribution in [2.45, 2.75) is 63.6 Å². The molecule has 0 bridgehead atoms. The van der Waals surface area contributed by atoms with Crippen LogP contribution in [0.25, 0.3) is 0 Å². The van der Waals surface area contributed by atoms with Crippen molar-refractivity contribution >= 4 is 47.1 Å². The number of aromatic nitrogens is 1. The third-order valence-corrected chi connectivity index (χ3v) is 11.7. The number of unbranched alkanes of at least 4 members (excludes halogenated alkanes) is 2. The van der Waals surface area contributed by atoms with Gasteiger partial charge in [-0.3, -0.25) is 24.2 Å². The van der Waals surface area contributed by atoms with Gasteiger partial charge < -0.3 is 48.3 Å². The Balaban J connectivity index is 0.949. The number of carbonyl (C=O) groups is 5. The molecule has 17 nitrogen and oxygen atoms in total. The number of rotatable bonds is 13. The molecule has 2 aromatic carbocycles. The van der Waals surface area contributed by atoms with Crippen LogP contribution in [0.2, 0.25) is 0 Å². The normalized spacial score (nSPS) is 20.2. The summed E-state index contributed by atoms with van der Waals surface area (Å²) in [5.41, 5.74) is 3.56. The molecule has 2 saturated heterocycles. The Labute approximate surface area is 357 Å². The molecule has 0 radical (unpaired) electrons. The number of aryl methyl sites for hydroxylation is 1. The molecule has 0 spiro atoms. The topological polar surface area (TPSA) is 199 Å². The van der Waals surface area contributed by atoms with E-state index in [1.807, 2.05) is 0 Å². The summed E-state index contributed by atoms with van der Waals surface area (Å²) >= 11 is 0. The summed E-state index contributed by atoms with van der Waals surface area (Å²) in [7, 11) is 4.30. The lowest BCUT2D eigenvalue weighted by Crippen LogP contribution is -2.50. The molecule has 2 N–H and O–H groups in total. The van der Waals surface area contributed by atoms with Crippen LogP contribution >= 0.6 is 0 Å². The number of ketones is 2. The van der Waals surface area contributed by atoms with Crippen LogP contribution in [-0.2, 0) is 29.7 Å². The van der Waals surface area contributed by atoms with E-state index in [-0.39, 0.29) is 83.5 Å². The highest BCUT2D eigenvalue weighted by atomic mass is 16.6. The maximum Gasteiger partial charge on any atom is 0.416 e. The highest BCUT2D eigenvalue weighted by Gasteiger charge is 2.46. The van der Waals surface area contributed by atoms with Crippen molar-refractivity contribution < 1.29 is 57.9 Å². The maximum atomic E-state index is 14.1. The van der Waals surface area contributed by atoms with Crippen LogP contribution in [0.1, 0.15) is 84.8 Å². The van der Waals surface area contributed by atoms with Gasteiger partial charge in [-0.25, -0.2) is 9.69 Å². The molecule has 2 fully saturated rings. The highest BCUT2D eigenvalue weighted by molar-refractivity contribution is 6.24. The molecule has 5 heterocycles. The maximum absolute atomic E-state index is 14.1. The molecule has 3 atom stereocenters. The molecule has 1 aliphatic carbocycles. The van der Waals surface area contributed by atoms with E-state index in [0.717, 1.165) is 16.5 Å². The number of carbonyl (C=O) groups excluding carboxylic acids is 5. The van der Waals surface area contributed by atoms with Gasteiger partial charge in [0.15, 0.2) is 23.5 Å².